The molecule has 2 aliphatic rings. The van der Waals surface area contributed by atoms with Gasteiger partial charge >= 0.3 is 6.18 Å². The van der Waals surface area contributed by atoms with Crippen molar-refractivity contribution >= 4 is 51.4 Å². The highest BCUT2D eigenvalue weighted by atomic mass is 35.5. The van der Waals surface area contributed by atoms with Crippen LogP contribution >= 0.6 is 23.4 Å². The topological polar surface area (TPSA) is 80.0 Å². The lowest BCUT2D eigenvalue weighted by atomic mass is 10.1. The van der Waals surface area contributed by atoms with E-state index in [2.05, 4.69) is 10.1 Å². The summed E-state index contributed by atoms with van der Waals surface area (Å²) in [6.07, 6.45) is -1.54. The van der Waals surface area contributed by atoms with Gasteiger partial charge in [0.15, 0.2) is 5.17 Å². The standard InChI is InChI=1S/C24H20ClF3N4O3S/c25-17-3-2-15(19(9-17)24(26,27)28)11-32-20-4-1-14(7-16(20)10-29-32)8-21-22(34)30-23(36-21)31-5-6-35-18(12-31)13-33/h1-4,7-10,18,33H,5-6,11-13H2/t18-/m0/s1. The SMILES string of the molecule is O=C1N=C(N2CCO[C@H](CO)C2)SC1=Cc1ccc2c(cnn2Cc2ccc(Cl)cc2C(F)(F)F)c1. The lowest BCUT2D eigenvalue weighted by Gasteiger charge is -2.32. The van der Waals surface area contributed by atoms with Crippen molar-refractivity contribution in [2.75, 3.05) is 26.3 Å². The van der Waals surface area contributed by atoms with Gasteiger partial charge in [0, 0.05) is 23.5 Å². The molecule has 1 N–H and O–H groups in total. The van der Waals surface area contributed by atoms with E-state index in [9.17, 15) is 23.1 Å². The second kappa shape index (κ2) is 9.89. The smallest absolute Gasteiger partial charge is 0.394 e. The molecule has 188 valence electrons. The summed E-state index contributed by atoms with van der Waals surface area (Å²) in [6, 6.07) is 9.06. The average molecular weight is 537 g/mol. The molecule has 0 saturated carbocycles. The molecule has 1 amide bonds. The summed E-state index contributed by atoms with van der Waals surface area (Å²) in [5, 5.41) is 14.9. The van der Waals surface area contributed by atoms with E-state index in [0.717, 1.165) is 17.0 Å². The zero-order chi connectivity index (χ0) is 25.4. The van der Waals surface area contributed by atoms with Gasteiger partial charge in [0.05, 0.1) is 48.0 Å². The van der Waals surface area contributed by atoms with Gasteiger partial charge in [-0.25, -0.2) is 0 Å². The first-order valence-corrected chi connectivity index (χ1v) is 12.2. The molecule has 36 heavy (non-hydrogen) atoms. The molecule has 0 bridgehead atoms. The summed E-state index contributed by atoms with van der Waals surface area (Å²) < 4.78 is 47.4. The van der Waals surface area contributed by atoms with Crippen LogP contribution in [0.3, 0.4) is 0 Å². The number of carbonyl (C=O) groups excluding carboxylic acids is 1. The molecule has 1 atom stereocenters. The Kier molecular flexibility index (Phi) is 6.82. The minimum Gasteiger partial charge on any atom is -0.394 e. The van der Waals surface area contributed by atoms with E-state index in [1.54, 1.807) is 24.4 Å². The van der Waals surface area contributed by atoms with Crippen LogP contribution in [0.2, 0.25) is 5.02 Å². The summed E-state index contributed by atoms with van der Waals surface area (Å²) in [6.45, 7) is 1.30. The van der Waals surface area contributed by atoms with Crippen LogP contribution in [0.4, 0.5) is 13.2 Å². The molecule has 3 heterocycles. The predicted molar refractivity (Wildman–Crippen MR) is 132 cm³/mol. The third-order valence-corrected chi connectivity index (χ3v) is 7.16. The number of morpholine rings is 1. The first-order valence-electron chi connectivity index (χ1n) is 11.0. The fourth-order valence-corrected chi connectivity index (χ4v) is 5.24. The number of hydrogen-bond acceptors (Lipinski definition) is 6. The maximum atomic E-state index is 13.5. The lowest BCUT2D eigenvalue weighted by Crippen LogP contribution is -2.45. The van der Waals surface area contributed by atoms with Gasteiger partial charge in [-0.2, -0.15) is 23.3 Å². The number of amides is 1. The quantitative estimate of drug-likeness (QED) is 0.497. The van der Waals surface area contributed by atoms with Crippen LogP contribution in [0.15, 0.2) is 52.5 Å². The largest absolute Gasteiger partial charge is 0.416 e. The summed E-state index contributed by atoms with van der Waals surface area (Å²) in [5.74, 6) is -0.347. The van der Waals surface area contributed by atoms with Crippen LogP contribution in [0, 0.1) is 0 Å². The third kappa shape index (κ3) is 5.15. The number of aromatic nitrogens is 2. The highest BCUT2D eigenvalue weighted by molar-refractivity contribution is 8.18. The van der Waals surface area contributed by atoms with Crippen molar-refractivity contribution in [3.8, 4) is 0 Å². The Hall–Kier alpha value is -2.86. The molecule has 0 spiro atoms. The number of fused-ring (bicyclic) bond motifs is 1. The van der Waals surface area contributed by atoms with Crippen molar-refractivity contribution < 1.29 is 27.8 Å². The van der Waals surface area contributed by atoms with E-state index in [-0.39, 0.29) is 35.7 Å². The maximum Gasteiger partial charge on any atom is 0.416 e. The minimum absolute atomic E-state index is 0.0161. The average Bonchev–Trinajstić information content (AvgIpc) is 3.42. The van der Waals surface area contributed by atoms with Crippen molar-refractivity contribution in [3.63, 3.8) is 0 Å². The number of halogens is 4. The van der Waals surface area contributed by atoms with Gasteiger partial charge in [0.1, 0.15) is 0 Å². The molecule has 0 aliphatic carbocycles. The highest BCUT2D eigenvalue weighted by Crippen LogP contribution is 2.35. The molecule has 7 nitrogen and oxygen atoms in total. The summed E-state index contributed by atoms with van der Waals surface area (Å²) in [5.41, 5.74) is 0.670. The number of aliphatic hydroxyl groups excluding tert-OH is 1. The number of rotatable bonds is 4. The normalized spacial score (nSPS) is 20.0. The van der Waals surface area contributed by atoms with Crippen molar-refractivity contribution in [2.24, 2.45) is 4.99 Å². The Labute approximate surface area is 213 Å². The Balaban J connectivity index is 1.35. The molecule has 1 saturated heterocycles. The second-order valence-corrected chi connectivity index (χ2v) is 9.80. The summed E-state index contributed by atoms with van der Waals surface area (Å²) in [7, 11) is 0. The second-order valence-electron chi connectivity index (χ2n) is 8.35. The van der Waals surface area contributed by atoms with Gasteiger partial charge in [0.2, 0.25) is 0 Å². The molecular formula is C24H20ClF3N4O3S. The highest BCUT2D eigenvalue weighted by Gasteiger charge is 2.34. The molecule has 0 radical (unpaired) electrons. The van der Waals surface area contributed by atoms with E-state index in [1.165, 1.54) is 28.6 Å². The van der Waals surface area contributed by atoms with Gasteiger partial charge in [-0.05, 0) is 53.2 Å². The zero-order valence-corrected chi connectivity index (χ0v) is 20.3. The van der Waals surface area contributed by atoms with E-state index in [4.69, 9.17) is 16.3 Å². The number of benzene rings is 2. The first-order chi connectivity index (χ1) is 17.2. The fourth-order valence-electron chi connectivity index (χ4n) is 4.12. The van der Waals surface area contributed by atoms with Crippen molar-refractivity contribution in [2.45, 2.75) is 18.8 Å². The number of nitrogens with zero attached hydrogens (tertiary/aromatic N) is 4. The van der Waals surface area contributed by atoms with E-state index >= 15 is 0 Å². The Morgan fingerprint density at radius 3 is 2.86 bits per heavy atom. The van der Waals surface area contributed by atoms with E-state index in [1.807, 2.05) is 11.0 Å². The molecule has 0 unspecified atom stereocenters. The number of ether oxygens (including phenoxy) is 1. The number of aliphatic hydroxyl groups is 1. The fraction of sp³-hybridized carbons (Fsp3) is 0.292. The first kappa shape index (κ1) is 24.8. The van der Waals surface area contributed by atoms with Crippen LogP contribution in [-0.2, 0) is 22.3 Å². The third-order valence-electron chi connectivity index (χ3n) is 5.88. The van der Waals surface area contributed by atoms with E-state index < -0.39 is 11.7 Å². The van der Waals surface area contributed by atoms with Gasteiger partial charge in [-0.15, -0.1) is 0 Å². The van der Waals surface area contributed by atoms with Crippen LogP contribution in [0.25, 0.3) is 17.0 Å². The van der Waals surface area contributed by atoms with Gasteiger partial charge in [0.25, 0.3) is 5.91 Å². The number of carbonyl (C=O) groups is 1. The molecule has 2 aliphatic heterocycles. The van der Waals surface area contributed by atoms with E-state index in [0.29, 0.717) is 35.3 Å². The van der Waals surface area contributed by atoms with Crippen LogP contribution < -0.4 is 0 Å². The van der Waals surface area contributed by atoms with Gasteiger partial charge < -0.3 is 14.7 Å². The Morgan fingerprint density at radius 1 is 1.25 bits per heavy atom. The zero-order valence-electron chi connectivity index (χ0n) is 18.7. The van der Waals surface area contributed by atoms with Crippen molar-refractivity contribution in [1.29, 1.82) is 0 Å². The van der Waals surface area contributed by atoms with Crippen molar-refractivity contribution in [1.82, 2.24) is 14.7 Å². The number of aliphatic imine (C=N–C) groups is 1. The molecule has 1 aromatic heterocycles. The van der Waals surface area contributed by atoms with Gasteiger partial charge in [-0.3, -0.25) is 9.48 Å². The molecular weight excluding hydrogens is 517 g/mol. The molecule has 1 fully saturated rings. The minimum atomic E-state index is -4.53. The lowest BCUT2D eigenvalue weighted by molar-refractivity contribution is -0.138. The summed E-state index contributed by atoms with van der Waals surface area (Å²) in [4.78, 5) is 19.0. The molecule has 2 aromatic carbocycles. The Morgan fingerprint density at radius 2 is 2.08 bits per heavy atom. The summed E-state index contributed by atoms with van der Waals surface area (Å²) >= 11 is 7.05. The van der Waals surface area contributed by atoms with Gasteiger partial charge in [-0.1, -0.05) is 23.7 Å². The number of hydrogen-bond donors (Lipinski definition) is 1. The van der Waals surface area contributed by atoms with Crippen LogP contribution in [-0.4, -0.2) is 63.3 Å². The Bertz CT molecular complexity index is 1390. The molecule has 3 aromatic rings. The number of thioether (sulfide) groups is 1. The molecule has 5 rings (SSSR count). The monoisotopic (exact) mass is 536 g/mol. The number of alkyl halides is 3. The predicted octanol–water partition coefficient (Wildman–Crippen LogP) is 4.42. The maximum absolute atomic E-state index is 13.5. The number of amidine groups is 1. The van der Waals surface area contributed by atoms with Crippen molar-refractivity contribution in [3.05, 3.63) is 69.2 Å². The van der Waals surface area contributed by atoms with Crippen LogP contribution in [0.1, 0.15) is 16.7 Å². The molecule has 12 heteroatoms. The van der Waals surface area contributed by atoms with Crippen LogP contribution in [0.5, 0.6) is 0 Å².